The molecule has 516 valence electrons. The fourth-order valence-electron chi connectivity index (χ4n) is 4.93. The zero-order valence-corrected chi connectivity index (χ0v) is 64.2. The molecule has 4 N–H and O–H groups in total. The molecule has 0 amide bonds. The average Bonchev–Trinajstić information content (AvgIpc) is 3.66. The highest BCUT2D eigenvalue weighted by molar-refractivity contribution is 7.92. The molecule has 0 aliphatic rings. The van der Waals surface area contributed by atoms with E-state index < -0.39 is 95.2 Å². The summed E-state index contributed by atoms with van der Waals surface area (Å²) in [6, 6.07) is 16.3. The average molecular weight is 1350 g/mol. The summed E-state index contributed by atoms with van der Waals surface area (Å²) in [5, 5.41) is 0. The summed E-state index contributed by atoms with van der Waals surface area (Å²) in [6.45, 7) is 64.3. The molecule has 4 aromatic rings. The van der Waals surface area contributed by atoms with Gasteiger partial charge in [0.2, 0.25) is 0 Å². The second-order valence-electron chi connectivity index (χ2n) is 14.2. The normalized spacial score (nSPS) is 9.64. The highest BCUT2D eigenvalue weighted by Crippen LogP contribution is 2.22. The van der Waals surface area contributed by atoms with Crippen molar-refractivity contribution in [2.24, 2.45) is 0 Å². The van der Waals surface area contributed by atoms with Gasteiger partial charge in [0.15, 0.2) is 19.7 Å². The maximum absolute atomic E-state index is 11.9. The van der Waals surface area contributed by atoms with Gasteiger partial charge in [-0.1, -0.05) is 215 Å². The fraction of sp³-hybridized carbons (Fsp3) is 0.613. The van der Waals surface area contributed by atoms with E-state index in [1.54, 1.807) is 38.1 Å². The van der Waals surface area contributed by atoms with Crippen molar-refractivity contribution in [1.82, 2.24) is 0 Å². The van der Waals surface area contributed by atoms with Crippen molar-refractivity contribution >= 4 is 60.7 Å². The van der Waals surface area contributed by atoms with E-state index in [-0.39, 0.29) is 15.4 Å². The monoisotopic (exact) mass is 1350 g/mol. The Balaban J connectivity index is -0.0000000765. The van der Waals surface area contributed by atoms with Crippen molar-refractivity contribution < 1.29 is 77.1 Å². The van der Waals surface area contributed by atoms with Crippen molar-refractivity contribution in [3.05, 3.63) is 117 Å². The van der Waals surface area contributed by atoms with Crippen LogP contribution in [-0.4, -0.2) is 93.4 Å². The fourth-order valence-corrected chi connectivity index (χ4v) is 9.56. The molecule has 4 aromatic carbocycles. The Morgan fingerprint density at radius 1 is 0.314 bits per heavy atom. The Hall–Kier alpha value is -3.66. The second-order valence-corrected chi connectivity index (χ2v) is 23.4. The van der Waals surface area contributed by atoms with Gasteiger partial charge in [0.25, 0.3) is 20.2 Å². The molecule has 0 bridgehead atoms. The minimum absolute atomic E-state index is 0.0116. The van der Waals surface area contributed by atoms with Gasteiger partial charge in [-0.3, -0.25) is 18.2 Å². The predicted octanol–water partition coefficient (Wildman–Crippen LogP) is 17.9. The van der Waals surface area contributed by atoms with E-state index in [9.17, 15) is 50.5 Å². The van der Waals surface area contributed by atoms with Gasteiger partial charge in [0, 0.05) is 0 Å². The number of hydrogen-bond donors (Lipinski definition) is 4. The molecule has 0 saturated heterocycles. The molecule has 18 nitrogen and oxygen atoms in total. The lowest BCUT2D eigenvalue weighted by Crippen LogP contribution is -2.16. The first-order valence-electron chi connectivity index (χ1n) is 29.8. The van der Waals surface area contributed by atoms with Crippen LogP contribution in [0.25, 0.3) is 0 Å². The van der Waals surface area contributed by atoms with E-state index in [1.165, 1.54) is 65.4 Å². The Kier molecular flexibility index (Phi) is 84.2. The van der Waals surface area contributed by atoms with E-state index in [4.69, 9.17) is 18.2 Å². The summed E-state index contributed by atoms with van der Waals surface area (Å²) in [5.74, 6) is -1.32. The van der Waals surface area contributed by atoms with Gasteiger partial charge < -0.3 is 0 Å². The van der Waals surface area contributed by atoms with Gasteiger partial charge in [0.1, 0.15) is 0 Å². The molecule has 0 fully saturated rings. The molecule has 0 radical (unpaired) electrons. The van der Waals surface area contributed by atoms with Crippen LogP contribution in [0.5, 0.6) is 0 Å². The van der Waals surface area contributed by atoms with Crippen LogP contribution >= 0.6 is 0 Å². The summed E-state index contributed by atoms with van der Waals surface area (Å²) >= 11 is 0. The molecule has 0 unspecified atom stereocenters. The zero-order valence-electron chi connectivity index (χ0n) is 59.3. The lowest BCUT2D eigenvalue weighted by Gasteiger charge is -2.10. The highest BCUT2D eigenvalue weighted by atomic mass is 32.3. The topological polar surface area (TPSA) is 304 Å². The lowest BCUT2D eigenvalue weighted by atomic mass is 9.96. The largest absolute Gasteiger partial charge is 0.397 e. The first-order chi connectivity index (χ1) is 39.9. The van der Waals surface area contributed by atoms with E-state index >= 15 is 0 Å². The molecule has 0 heterocycles. The van der Waals surface area contributed by atoms with Crippen LogP contribution in [0.1, 0.15) is 223 Å². The van der Waals surface area contributed by atoms with E-state index in [0.29, 0.717) is 5.56 Å². The van der Waals surface area contributed by atoms with Gasteiger partial charge in [-0.05, 0) is 137 Å². The first-order valence-corrected chi connectivity index (χ1v) is 38.7. The molecule has 0 aliphatic carbocycles. The molecule has 0 atom stereocenters. The van der Waals surface area contributed by atoms with Gasteiger partial charge >= 0.3 is 20.8 Å². The van der Waals surface area contributed by atoms with E-state index in [0.717, 1.165) is 23.3 Å². The van der Waals surface area contributed by atoms with Crippen LogP contribution in [0.15, 0.2) is 86.3 Å². The highest BCUT2D eigenvalue weighted by Gasteiger charge is 2.21. The molecule has 4 rings (SSSR count). The minimum atomic E-state index is -4.77. The van der Waals surface area contributed by atoms with Crippen LogP contribution in [0.4, 0.5) is 0 Å². The van der Waals surface area contributed by atoms with E-state index in [1.807, 2.05) is 159 Å². The number of rotatable bonds is 12. The third-order valence-corrected chi connectivity index (χ3v) is 15.0. The van der Waals surface area contributed by atoms with Crippen LogP contribution in [-0.2, 0) is 69.1 Å². The zero-order chi connectivity index (χ0) is 72.2. The number of sulfone groups is 2. The van der Waals surface area contributed by atoms with Gasteiger partial charge in [-0.25, -0.2) is 25.2 Å². The number of benzene rings is 4. The molecular weight excluding hydrogens is 1230 g/mol. The first kappa shape index (κ1) is 110. The molecule has 24 heteroatoms. The standard InChI is InChI=1S/C11H16.C9H12O9S3.C9H12O6S2.C8H10O3S.C3H8.11C2H6/c1-7-6-8(2)10(4)11(5)9(7)3;1-7-2-3-8(6-9(7)20(12,13)14)19(10,11)5-4-18-21(15,16)17;1-8-2-4-9(5-3-8)16(10,11)7-6-15-17(12,13)14;1-6-3-4-7(2)8(5-6)12(9,10)11;1-3-2;11*1-2/h6H,1-5H3;2-3,6H,4-5H2,1H3,(H,12,13,14)(H,15,16,17);2-5H,6-7H2,1H3,(H,12,13,14);3-5H,1-2H3,(H,9,10,11);3H2,1-2H3;11*1-2H3. The molecule has 86 heavy (non-hydrogen) atoms. The molecular formula is C62H124O18S6. The second kappa shape index (κ2) is 65.8. The van der Waals surface area contributed by atoms with Crippen molar-refractivity contribution in [1.29, 1.82) is 0 Å². The third-order valence-electron chi connectivity index (χ3n) is 8.71. The Morgan fingerprint density at radius 3 is 0.826 bits per heavy atom. The van der Waals surface area contributed by atoms with Crippen molar-refractivity contribution in [3.63, 3.8) is 0 Å². The SMILES string of the molecule is CC.CC.CC.CC.CC.CC.CC.CC.CC.CC.CC.CCC.Cc1cc(C)c(C)c(C)c1C.Cc1ccc(C)c(S(=O)(=O)O)c1.Cc1ccc(S(=O)(=O)CCOS(=O)(=O)O)cc1.Cc1ccc(S(=O)(=O)CCOS(=O)(=O)O)cc1S(=O)(=O)O. The smallest absolute Gasteiger partial charge is 0.282 e. The molecule has 0 aliphatic heterocycles. The van der Waals surface area contributed by atoms with Gasteiger partial charge in [0.05, 0.1) is 44.3 Å². The summed E-state index contributed by atoms with van der Waals surface area (Å²) in [4.78, 5) is -0.927. The van der Waals surface area contributed by atoms with Crippen LogP contribution in [0.3, 0.4) is 0 Å². The van der Waals surface area contributed by atoms with Gasteiger partial charge in [-0.2, -0.15) is 33.7 Å². The summed E-state index contributed by atoms with van der Waals surface area (Å²) < 4.78 is 174. The minimum Gasteiger partial charge on any atom is -0.282 e. The number of hydrogen-bond acceptors (Lipinski definition) is 14. The maximum Gasteiger partial charge on any atom is 0.397 e. The maximum atomic E-state index is 11.9. The predicted molar refractivity (Wildman–Crippen MR) is 368 cm³/mol. The van der Waals surface area contributed by atoms with Crippen molar-refractivity contribution in [2.75, 3.05) is 24.7 Å². The summed E-state index contributed by atoms with van der Waals surface area (Å²) in [5.41, 5.74) is 9.57. The Labute approximate surface area is 530 Å². The van der Waals surface area contributed by atoms with Crippen molar-refractivity contribution in [3.8, 4) is 0 Å². The summed E-state index contributed by atoms with van der Waals surface area (Å²) in [7, 11) is -25.7. The molecule has 0 aromatic heterocycles. The molecule has 0 spiro atoms. The van der Waals surface area contributed by atoms with Crippen LogP contribution in [0.2, 0.25) is 0 Å². The lowest BCUT2D eigenvalue weighted by molar-refractivity contribution is 0.282. The summed E-state index contributed by atoms with van der Waals surface area (Å²) in [6.07, 6.45) is 1.25. The number of aryl methyl sites for hydroxylation is 6. The van der Waals surface area contributed by atoms with E-state index in [2.05, 4.69) is 62.9 Å². The Morgan fingerprint density at radius 2 is 0.558 bits per heavy atom. The molecule has 0 saturated carbocycles. The third kappa shape index (κ3) is 59.3. The van der Waals surface area contributed by atoms with Crippen molar-refractivity contribution in [2.45, 2.75) is 254 Å². The Bertz CT molecular complexity index is 2860. The van der Waals surface area contributed by atoms with Gasteiger partial charge in [-0.15, -0.1) is 0 Å². The van der Waals surface area contributed by atoms with Crippen LogP contribution in [0, 0.1) is 62.3 Å². The van der Waals surface area contributed by atoms with Crippen LogP contribution < -0.4 is 0 Å². The quantitative estimate of drug-likeness (QED) is 0.0958.